The minimum atomic E-state index is -3.76. The van der Waals surface area contributed by atoms with Gasteiger partial charge in [-0.05, 0) is 12.8 Å². The lowest BCUT2D eigenvalue weighted by Crippen LogP contribution is -2.43. The summed E-state index contributed by atoms with van der Waals surface area (Å²) in [6.07, 6.45) is 3.24. The quantitative estimate of drug-likeness (QED) is 0.751. The molecular formula is C9H13N5O4S. The van der Waals surface area contributed by atoms with Gasteiger partial charge in [0.15, 0.2) is 0 Å². The Morgan fingerprint density at radius 2 is 2.05 bits per heavy atom. The number of aliphatic carboxylic acids is 1. The molecule has 10 heteroatoms. The number of carboxylic acid groups (broad SMARTS) is 1. The van der Waals surface area contributed by atoms with Gasteiger partial charge in [-0.1, -0.05) is 0 Å². The summed E-state index contributed by atoms with van der Waals surface area (Å²) in [4.78, 5) is 14.5. The van der Waals surface area contributed by atoms with Crippen molar-refractivity contribution in [2.75, 3.05) is 17.8 Å². The highest BCUT2D eigenvalue weighted by Crippen LogP contribution is 2.20. The van der Waals surface area contributed by atoms with Crippen molar-refractivity contribution in [2.24, 2.45) is 5.92 Å². The van der Waals surface area contributed by atoms with E-state index in [1.54, 1.807) is 0 Å². The first-order chi connectivity index (χ1) is 8.99. The fourth-order valence-electron chi connectivity index (χ4n) is 1.82. The molecule has 2 rings (SSSR count). The molecule has 0 atom stereocenters. The maximum Gasteiger partial charge on any atom is 0.306 e. The maximum atomic E-state index is 12.0. The zero-order chi connectivity index (χ0) is 13.9. The van der Waals surface area contributed by atoms with Crippen molar-refractivity contribution < 1.29 is 18.3 Å². The predicted molar refractivity (Wildman–Crippen MR) is 64.3 cm³/mol. The molecular weight excluding hydrogens is 274 g/mol. The number of anilines is 1. The highest BCUT2D eigenvalue weighted by molar-refractivity contribution is 7.90. The van der Waals surface area contributed by atoms with E-state index in [4.69, 9.17) is 5.11 Å². The average Bonchev–Trinajstić information content (AvgIpc) is 2.39. The van der Waals surface area contributed by atoms with E-state index >= 15 is 0 Å². The molecule has 0 aliphatic carbocycles. The highest BCUT2D eigenvalue weighted by atomic mass is 32.2. The van der Waals surface area contributed by atoms with Gasteiger partial charge in [-0.15, -0.1) is 5.10 Å². The predicted octanol–water partition coefficient (Wildman–Crippen LogP) is -0.675. The zero-order valence-corrected chi connectivity index (χ0v) is 10.7. The second-order valence-electron chi connectivity index (χ2n) is 4.08. The Morgan fingerprint density at radius 3 is 2.58 bits per heavy atom. The SMILES string of the molecule is O=C(O)C1CCN(S(=O)(=O)Nc2nccnn2)CC1. The molecule has 0 radical (unpaired) electrons. The minimum Gasteiger partial charge on any atom is -0.481 e. The number of hydrogen-bond donors (Lipinski definition) is 2. The number of nitrogens with zero attached hydrogens (tertiary/aromatic N) is 4. The van der Waals surface area contributed by atoms with Crippen LogP contribution >= 0.6 is 0 Å². The molecule has 1 fully saturated rings. The van der Waals surface area contributed by atoms with Crippen LogP contribution in [0.4, 0.5) is 5.95 Å². The standard InChI is InChI=1S/C9H13N5O4S/c15-8(16)7-1-5-14(6-2-7)19(17,18)13-9-10-3-4-11-12-9/h3-4,7H,1-2,5-6H2,(H,15,16)(H,10,12,13). The summed E-state index contributed by atoms with van der Waals surface area (Å²) >= 11 is 0. The third kappa shape index (κ3) is 3.35. The summed E-state index contributed by atoms with van der Waals surface area (Å²) in [6, 6.07) is 0. The Bertz CT molecular complexity index is 541. The van der Waals surface area contributed by atoms with Gasteiger partial charge < -0.3 is 5.11 Å². The molecule has 1 saturated heterocycles. The van der Waals surface area contributed by atoms with Crippen LogP contribution in [0.15, 0.2) is 12.4 Å². The van der Waals surface area contributed by atoms with Crippen LogP contribution in [0.25, 0.3) is 0 Å². The van der Waals surface area contributed by atoms with Crippen molar-refractivity contribution in [3.05, 3.63) is 12.4 Å². The lowest BCUT2D eigenvalue weighted by molar-refractivity contribution is -0.142. The molecule has 2 N–H and O–H groups in total. The molecule has 104 valence electrons. The Balaban J connectivity index is 2.00. The minimum absolute atomic E-state index is 0.108. The molecule has 0 bridgehead atoms. The lowest BCUT2D eigenvalue weighted by Gasteiger charge is -2.28. The summed E-state index contributed by atoms with van der Waals surface area (Å²) in [5, 5.41) is 15.9. The van der Waals surface area contributed by atoms with Gasteiger partial charge in [-0.25, -0.2) is 9.71 Å². The molecule has 1 aliphatic heterocycles. The number of carbonyl (C=O) groups is 1. The molecule has 1 aliphatic rings. The number of aromatic nitrogens is 3. The Hall–Kier alpha value is -1.81. The van der Waals surface area contributed by atoms with E-state index in [2.05, 4.69) is 19.9 Å². The summed E-state index contributed by atoms with van der Waals surface area (Å²) in [7, 11) is -3.76. The van der Waals surface area contributed by atoms with Gasteiger partial charge in [0.05, 0.1) is 18.3 Å². The number of piperidine rings is 1. The van der Waals surface area contributed by atoms with Crippen LogP contribution in [0.3, 0.4) is 0 Å². The maximum absolute atomic E-state index is 12.0. The van der Waals surface area contributed by atoms with Gasteiger partial charge in [0, 0.05) is 13.1 Å². The van der Waals surface area contributed by atoms with Crippen molar-refractivity contribution in [2.45, 2.75) is 12.8 Å². The molecule has 2 heterocycles. The normalized spacial score (nSPS) is 18.1. The Morgan fingerprint density at radius 1 is 1.37 bits per heavy atom. The van der Waals surface area contributed by atoms with E-state index in [0.29, 0.717) is 12.8 Å². The second-order valence-corrected chi connectivity index (χ2v) is 5.76. The highest BCUT2D eigenvalue weighted by Gasteiger charge is 2.31. The van der Waals surface area contributed by atoms with Crippen LogP contribution in [0.2, 0.25) is 0 Å². The molecule has 0 spiro atoms. The van der Waals surface area contributed by atoms with E-state index < -0.39 is 22.1 Å². The van der Waals surface area contributed by atoms with Crippen LogP contribution in [0.5, 0.6) is 0 Å². The summed E-state index contributed by atoms with van der Waals surface area (Å²) in [6.45, 7) is 0.319. The summed E-state index contributed by atoms with van der Waals surface area (Å²) in [5.41, 5.74) is 0. The van der Waals surface area contributed by atoms with E-state index in [9.17, 15) is 13.2 Å². The van der Waals surface area contributed by atoms with Gasteiger partial charge in [-0.3, -0.25) is 4.79 Å². The number of rotatable bonds is 4. The molecule has 1 aromatic heterocycles. The van der Waals surface area contributed by atoms with E-state index in [1.165, 1.54) is 16.7 Å². The summed E-state index contributed by atoms with van der Waals surface area (Å²) in [5.74, 6) is -1.48. The monoisotopic (exact) mass is 287 g/mol. The Labute approximate surface area is 109 Å². The third-order valence-electron chi connectivity index (χ3n) is 2.85. The topological polar surface area (TPSA) is 125 Å². The summed E-state index contributed by atoms with van der Waals surface area (Å²) < 4.78 is 27.4. The van der Waals surface area contributed by atoms with Crippen molar-refractivity contribution in [3.63, 3.8) is 0 Å². The third-order valence-corrected chi connectivity index (χ3v) is 4.33. The second kappa shape index (κ2) is 5.45. The Kier molecular flexibility index (Phi) is 3.90. The molecule has 9 nitrogen and oxygen atoms in total. The lowest BCUT2D eigenvalue weighted by atomic mass is 9.99. The molecule has 0 amide bonds. The van der Waals surface area contributed by atoms with E-state index in [1.807, 2.05) is 0 Å². The van der Waals surface area contributed by atoms with Crippen LogP contribution in [-0.4, -0.2) is 52.1 Å². The molecule has 0 aromatic carbocycles. The first-order valence-corrected chi connectivity index (χ1v) is 7.07. The van der Waals surface area contributed by atoms with Crippen LogP contribution in [-0.2, 0) is 15.0 Å². The molecule has 1 aromatic rings. The van der Waals surface area contributed by atoms with E-state index in [-0.39, 0.29) is 19.0 Å². The number of carboxylic acids is 1. The number of hydrogen-bond acceptors (Lipinski definition) is 6. The van der Waals surface area contributed by atoms with Gasteiger partial charge in [0.25, 0.3) is 5.95 Å². The molecule has 0 unspecified atom stereocenters. The molecule has 0 saturated carbocycles. The van der Waals surface area contributed by atoms with Gasteiger partial charge in [0.1, 0.15) is 0 Å². The van der Waals surface area contributed by atoms with Crippen molar-refractivity contribution in [3.8, 4) is 0 Å². The van der Waals surface area contributed by atoms with Crippen molar-refractivity contribution in [1.82, 2.24) is 19.5 Å². The van der Waals surface area contributed by atoms with Crippen LogP contribution in [0, 0.1) is 5.92 Å². The average molecular weight is 287 g/mol. The smallest absolute Gasteiger partial charge is 0.306 e. The first kappa shape index (κ1) is 13.6. The molecule has 19 heavy (non-hydrogen) atoms. The van der Waals surface area contributed by atoms with E-state index in [0.717, 1.165) is 0 Å². The van der Waals surface area contributed by atoms with Gasteiger partial charge >= 0.3 is 16.2 Å². The zero-order valence-electron chi connectivity index (χ0n) is 9.93. The largest absolute Gasteiger partial charge is 0.481 e. The van der Waals surface area contributed by atoms with Gasteiger partial charge in [-0.2, -0.15) is 17.8 Å². The fraction of sp³-hybridized carbons (Fsp3) is 0.556. The van der Waals surface area contributed by atoms with Gasteiger partial charge in [0.2, 0.25) is 0 Å². The van der Waals surface area contributed by atoms with Crippen molar-refractivity contribution in [1.29, 1.82) is 0 Å². The number of nitrogens with one attached hydrogen (secondary N) is 1. The fourth-order valence-corrected chi connectivity index (χ4v) is 2.96. The first-order valence-electron chi connectivity index (χ1n) is 5.63. The van der Waals surface area contributed by atoms with Crippen molar-refractivity contribution >= 4 is 22.1 Å². The van der Waals surface area contributed by atoms with Crippen LogP contribution < -0.4 is 4.72 Å². The van der Waals surface area contributed by atoms with Crippen LogP contribution in [0.1, 0.15) is 12.8 Å².